The molecule has 0 saturated carbocycles. The summed E-state index contributed by atoms with van der Waals surface area (Å²) in [6.07, 6.45) is 5.66. The summed E-state index contributed by atoms with van der Waals surface area (Å²) in [6.45, 7) is 17.5. The Morgan fingerprint density at radius 3 is 2.33 bits per heavy atom. The first-order chi connectivity index (χ1) is 16.7. The number of benzene rings is 2. The van der Waals surface area contributed by atoms with Gasteiger partial charge in [-0.1, -0.05) is 74.5 Å². The summed E-state index contributed by atoms with van der Waals surface area (Å²) in [6, 6.07) is 18.7. The van der Waals surface area contributed by atoms with Gasteiger partial charge >= 0.3 is 6.09 Å². The van der Waals surface area contributed by atoms with Crippen LogP contribution in [0.3, 0.4) is 0 Å². The van der Waals surface area contributed by atoms with Crippen LogP contribution < -0.4 is 9.61 Å². The van der Waals surface area contributed by atoms with E-state index in [0.29, 0.717) is 13.2 Å². The highest BCUT2D eigenvalue weighted by Gasteiger charge is 2.49. The van der Waals surface area contributed by atoms with Crippen LogP contribution in [0, 0.1) is 5.41 Å². The second-order valence-corrected chi connectivity index (χ2v) is 15.8. The molecule has 0 aliphatic carbocycles. The highest BCUT2D eigenvalue weighted by molar-refractivity contribution is 6.85. The van der Waals surface area contributed by atoms with Crippen molar-refractivity contribution >= 4 is 25.7 Å². The first-order valence-corrected chi connectivity index (χ1v) is 15.8. The molecular weight excluding hydrogens is 466 g/mol. The fourth-order valence-corrected chi connectivity index (χ4v) is 6.50. The van der Waals surface area contributed by atoms with Crippen LogP contribution in [0.15, 0.2) is 60.7 Å². The summed E-state index contributed by atoms with van der Waals surface area (Å²) in [4.78, 5) is 14.5. The first-order valence-electron chi connectivity index (χ1n) is 12.8. The van der Waals surface area contributed by atoms with Crippen molar-refractivity contribution < 1.29 is 18.7 Å². The molecule has 36 heavy (non-hydrogen) atoms. The largest absolute Gasteiger partial charge is 0.539 e. The minimum absolute atomic E-state index is 0.0167. The molecule has 5 nitrogen and oxygen atoms in total. The Morgan fingerprint density at radius 2 is 1.69 bits per heavy atom. The van der Waals surface area contributed by atoms with Gasteiger partial charge in [0, 0.05) is 5.56 Å². The van der Waals surface area contributed by atoms with Crippen molar-refractivity contribution in [2.24, 2.45) is 5.41 Å². The third-order valence-corrected chi connectivity index (χ3v) is 9.28. The second-order valence-electron chi connectivity index (χ2n) is 12.0. The lowest BCUT2D eigenvalue weighted by Crippen LogP contribution is -2.53. The number of ether oxygens (including phenoxy) is 2. The van der Waals surface area contributed by atoms with Gasteiger partial charge in [-0.25, -0.2) is 4.79 Å². The lowest BCUT2D eigenvalue weighted by molar-refractivity contribution is -0.0527. The number of nitrogens with zero attached hydrogens (tertiary/aromatic N) is 1. The molecule has 2 aromatic rings. The summed E-state index contributed by atoms with van der Waals surface area (Å²) < 4.78 is 18.1. The van der Waals surface area contributed by atoms with E-state index < -0.39 is 14.0 Å². The molecule has 1 heterocycles. The zero-order valence-corrected chi connectivity index (χ0v) is 24.3. The summed E-state index contributed by atoms with van der Waals surface area (Å²) >= 11 is 0. The monoisotopic (exact) mass is 509 g/mol. The van der Waals surface area contributed by atoms with E-state index in [1.807, 2.05) is 52.0 Å². The third-order valence-electron chi connectivity index (χ3n) is 6.83. The quantitative estimate of drug-likeness (QED) is 0.342. The van der Waals surface area contributed by atoms with Crippen LogP contribution in [0.4, 0.5) is 4.79 Å². The minimum Gasteiger partial charge on any atom is -0.539 e. The zero-order chi connectivity index (χ0) is 26.6. The Morgan fingerprint density at radius 1 is 1.06 bits per heavy atom. The van der Waals surface area contributed by atoms with Gasteiger partial charge in [-0.2, -0.15) is 0 Å². The predicted octanol–water partition coefficient (Wildman–Crippen LogP) is 6.98. The first kappa shape index (κ1) is 28.0. The molecular formula is C30H43NO4Si. The maximum Gasteiger partial charge on any atom is 0.412 e. The normalized spacial score (nSPS) is 17.4. The Kier molecular flexibility index (Phi) is 8.41. The number of carbonyl (C=O) groups excluding carboxylic acids is 1. The Bertz CT molecular complexity index is 1040. The lowest BCUT2D eigenvalue weighted by atomic mass is 9.86. The fourth-order valence-electron chi connectivity index (χ4n) is 4.65. The fraction of sp³-hybridized carbons (Fsp3) is 0.500. The summed E-state index contributed by atoms with van der Waals surface area (Å²) in [5.41, 5.74) is 0.0186. The van der Waals surface area contributed by atoms with Gasteiger partial charge in [0.2, 0.25) is 0 Å². The van der Waals surface area contributed by atoms with E-state index in [1.54, 1.807) is 4.90 Å². The number of hydrogen-bond donors (Lipinski definition) is 0. The molecule has 0 unspecified atom stereocenters. The molecule has 1 amide bonds. The molecule has 1 aliphatic heterocycles. The number of amides is 1. The Balaban J connectivity index is 1.57. The topological polar surface area (TPSA) is 48.0 Å². The van der Waals surface area contributed by atoms with Crippen LogP contribution in [0.1, 0.15) is 59.9 Å². The van der Waals surface area contributed by atoms with Gasteiger partial charge in [0.15, 0.2) is 0 Å². The highest BCUT2D eigenvalue weighted by Crippen LogP contribution is 2.35. The lowest BCUT2D eigenvalue weighted by Gasteiger charge is -2.37. The number of allylic oxidation sites excluding steroid dienone is 1. The smallest absolute Gasteiger partial charge is 0.412 e. The molecule has 0 N–H and O–H groups in total. The van der Waals surface area contributed by atoms with E-state index in [-0.39, 0.29) is 17.0 Å². The molecule has 0 aromatic heterocycles. The van der Waals surface area contributed by atoms with E-state index in [4.69, 9.17) is 13.9 Å². The van der Waals surface area contributed by atoms with Crippen molar-refractivity contribution in [1.82, 2.24) is 4.90 Å². The van der Waals surface area contributed by atoms with Crippen molar-refractivity contribution in [2.75, 3.05) is 13.2 Å². The zero-order valence-electron chi connectivity index (χ0n) is 23.3. The van der Waals surface area contributed by atoms with Crippen molar-refractivity contribution in [3.05, 3.63) is 66.2 Å². The Hall–Kier alpha value is -2.57. The molecule has 1 aliphatic rings. The van der Waals surface area contributed by atoms with E-state index >= 15 is 0 Å². The van der Waals surface area contributed by atoms with E-state index in [2.05, 4.69) is 69.4 Å². The highest BCUT2D eigenvalue weighted by atomic mass is 28.4. The van der Waals surface area contributed by atoms with Gasteiger partial charge in [-0.3, -0.25) is 4.90 Å². The SMILES string of the molecule is CC(C)(C/C=C\c1ccccc1O[Si](C)(C)c1ccccc1)CCOC(=O)N1C(C)(C)COC1(C)C. The number of hydrogen-bond acceptors (Lipinski definition) is 4. The molecule has 0 spiro atoms. The second kappa shape index (κ2) is 10.8. The van der Waals surface area contributed by atoms with Gasteiger partial charge in [0.05, 0.1) is 18.8 Å². The number of carbonyl (C=O) groups is 1. The summed E-state index contributed by atoms with van der Waals surface area (Å²) in [5.74, 6) is 0.916. The van der Waals surface area contributed by atoms with Crippen molar-refractivity contribution in [3.63, 3.8) is 0 Å². The standard InChI is InChI=1S/C30H43NO4Si/c1-28(2,21-22-33-27(32)31-29(3,4)23-34-30(31,5)6)20-14-16-24-15-12-13-19-26(24)35-36(7,8)25-17-10-9-11-18-25/h9-19H,20-23H2,1-8H3/b16-14-. The molecule has 0 radical (unpaired) electrons. The maximum absolute atomic E-state index is 12.8. The van der Waals surface area contributed by atoms with Gasteiger partial charge in [-0.05, 0) is 70.3 Å². The van der Waals surface area contributed by atoms with Crippen LogP contribution in [0.5, 0.6) is 5.75 Å². The molecule has 0 atom stereocenters. The molecule has 3 rings (SSSR count). The van der Waals surface area contributed by atoms with Crippen molar-refractivity contribution in [3.8, 4) is 5.75 Å². The van der Waals surface area contributed by atoms with E-state index in [9.17, 15) is 4.79 Å². The number of rotatable bonds is 9. The predicted molar refractivity (Wildman–Crippen MR) is 150 cm³/mol. The van der Waals surface area contributed by atoms with Gasteiger partial charge in [-0.15, -0.1) is 0 Å². The third kappa shape index (κ3) is 7.01. The molecule has 2 aromatic carbocycles. The number of para-hydroxylation sites is 1. The average Bonchev–Trinajstić information content (AvgIpc) is 3.02. The van der Waals surface area contributed by atoms with Crippen LogP contribution in [-0.2, 0) is 9.47 Å². The van der Waals surface area contributed by atoms with Crippen LogP contribution in [0.25, 0.3) is 6.08 Å². The van der Waals surface area contributed by atoms with Crippen LogP contribution in [0.2, 0.25) is 13.1 Å². The van der Waals surface area contributed by atoms with E-state index in [1.165, 1.54) is 5.19 Å². The molecule has 1 fully saturated rings. The average molecular weight is 510 g/mol. The molecule has 6 heteroatoms. The van der Waals surface area contributed by atoms with Gasteiger partial charge in [0.1, 0.15) is 11.5 Å². The summed E-state index contributed by atoms with van der Waals surface area (Å²) in [7, 11) is -2.08. The van der Waals surface area contributed by atoms with Gasteiger partial charge < -0.3 is 13.9 Å². The van der Waals surface area contributed by atoms with E-state index in [0.717, 1.165) is 24.2 Å². The Labute approximate surface area is 218 Å². The van der Waals surface area contributed by atoms with Crippen LogP contribution >= 0.6 is 0 Å². The molecule has 196 valence electrons. The van der Waals surface area contributed by atoms with Crippen molar-refractivity contribution in [2.45, 2.75) is 78.7 Å². The molecule has 0 bridgehead atoms. The minimum atomic E-state index is -2.08. The molecule has 1 saturated heterocycles. The maximum atomic E-state index is 12.8. The van der Waals surface area contributed by atoms with Crippen molar-refractivity contribution in [1.29, 1.82) is 0 Å². The van der Waals surface area contributed by atoms with Gasteiger partial charge in [0.25, 0.3) is 8.32 Å². The summed E-state index contributed by atoms with van der Waals surface area (Å²) in [5, 5.41) is 1.27. The van der Waals surface area contributed by atoms with Crippen LogP contribution in [-0.4, -0.2) is 43.8 Å².